The van der Waals surface area contributed by atoms with E-state index in [2.05, 4.69) is 13.8 Å². The standard InChI is InChI=1S/C9H18O2/c1-9(2)7(5-10)3-4-8(9)6-11/h7-8,10-11H,3-6H2,1-2H3. The van der Waals surface area contributed by atoms with Gasteiger partial charge >= 0.3 is 0 Å². The van der Waals surface area contributed by atoms with Gasteiger partial charge in [0, 0.05) is 13.2 Å². The third-order valence-corrected chi connectivity index (χ3v) is 3.41. The van der Waals surface area contributed by atoms with Gasteiger partial charge in [0.1, 0.15) is 0 Å². The minimum absolute atomic E-state index is 0.128. The third-order valence-electron chi connectivity index (χ3n) is 3.41. The zero-order valence-corrected chi connectivity index (χ0v) is 7.38. The molecule has 0 saturated heterocycles. The van der Waals surface area contributed by atoms with Crippen LogP contribution in [0.25, 0.3) is 0 Å². The van der Waals surface area contributed by atoms with Crippen LogP contribution in [0.15, 0.2) is 0 Å². The number of hydrogen-bond donors (Lipinski definition) is 2. The molecule has 2 atom stereocenters. The second-order valence-electron chi connectivity index (χ2n) is 4.16. The molecule has 0 aromatic carbocycles. The molecule has 0 bridgehead atoms. The lowest BCUT2D eigenvalue weighted by molar-refractivity contribution is 0.0811. The first-order valence-corrected chi connectivity index (χ1v) is 4.34. The summed E-state index contributed by atoms with van der Waals surface area (Å²) < 4.78 is 0. The van der Waals surface area contributed by atoms with Crippen LogP contribution in [0.2, 0.25) is 0 Å². The summed E-state index contributed by atoms with van der Waals surface area (Å²) in [5.74, 6) is 0.777. The lowest BCUT2D eigenvalue weighted by atomic mass is 9.76. The van der Waals surface area contributed by atoms with Crippen LogP contribution in [-0.2, 0) is 0 Å². The molecule has 1 fully saturated rings. The minimum Gasteiger partial charge on any atom is -0.396 e. The van der Waals surface area contributed by atoms with E-state index in [4.69, 9.17) is 10.2 Å². The normalized spacial score (nSPS) is 36.0. The van der Waals surface area contributed by atoms with Gasteiger partial charge in [-0.25, -0.2) is 0 Å². The molecule has 0 aromatic heterocycles. The third kappa shape index (κ3) is 1.42. The Morgan fingerprint density at radius 3 is 1.64 bits per heavy atom. The van der Waals surface area contributed by atoms with Gasteiger partial charge in [0.15, 0.2) is 0 Å². The number of hydrogen-bond acceptors (Lipinski definition) is 2. The first kappa shape index (κ1) is 9.01. The zero-order valence-electron chi connectivity index (χ0n) is 7.38. The highest BCUT2D eigenvalue weighted by Gasteiger charge is 2.41. The fraction of sp³-hybridized carbons (Fsp3) is 1.00. The van der Waals surface area contributed by atoms with Crippen molar-refractivity contribution in [3.8, 4) is 0 Å². The van der Waals surface area contributed by atoms with Gasteiger partial charge in [0.2, 0.25) is 0 Å². The summed E-state index contributed by atoms with van der Waals surface area (Å²) in [5, 5.41) is 18.1. The van der Waals surface area contributed by atoms with Gasteiger partial charge in [-0.15, -0.1) is 0 Å². The molecular weight excluding hydrogens is 140 g/mol. The molecule has 0 aromatic rings. The summed E-state index contributed by atoms with van der Waals surface area (Å²) >= 11 is 0. The van der Waals surface area contributed by atoms with Crippen molar-refractivity contribution in [1.29, 1.82) is 0 Å². The predicted molar refractivity (Wildman–Crippen MR) is 44.2 cm³/mol. The average molecular weight is 158 g/mol. The molecule has 1 saturated carbocycles. The van der Waals surface area contributed by atoms with E-state index in [1.54, 1.807) is 0 Å². The minimum atomic E-state index is 0.128. The van der Waals surface area contributed by atoms with Crippen LogP contribution >= 0.6 is 0 Å². The summed E-state index contributed by atoms with van der Waals surface area (Å²) in [4.78, 5) is 0. The van der Waals surface area contributed by atoms with E-state index in [-0.39, 0.29) is 18.6 Å². The van der Waals surface area contributed by atoms with Crippen LogP contribution in [-0.4, -0.2) is 23.4 Å². The molecule has 2 nitrogen and oxygen atoms in total. The van der Waals surface area contributed by atoms with E-state index >= 15 is 0 Å². The molecule has 1 rings (SSSR count). The van der Waals surface area contributed by atoms with Gasteiger partial charge in [-0.2, -0.15) is 0 Å². The highest BCUT2D eigenvalue weighted by Crippen LogP contribution is 2.46. The highest BCUT2D eigenvalue weighted by molar-refractivity contribution is 4.91. The summed E-state index contributed by atoms with van der Waals surface area (Å²) in [6.07, 6.45) is 2.13. The Morgan fingerprint density at radius 1 is 1.09 bits per heavy atom. The van der Waals surface area contributed by atoms with Crippen molar-refractivity contribution in [3.05, 3.63) is 0 Å². The van der Waals surface area contributed by atoms with Crippen molar-refractivity contribution in [2.24, 2.45) is 17.3 Å². The van der Waals surface area contributed by atoms with E-state index < -0.39 is 0 Å². The van der Waals surface area contributed by atoms with Crippen molar-refractivity contribution in [3.63, 3.8) is 0 Å². The maximum Gasteiger partial charge on any atom is 0.0464 e. The van der Waals surface area contributed by atoms with E-state index in [0.717, 1.165) is 12.8 Å². The molecule has 2 N–H and O–H groups in total. The van der Waals surface area contributed by atoms with Crippen LogP contribution in [0, 0.1) is 17.3 Å². The molecule has 0 aliphatic heterocycles. The first-order valence-electron chi connectivity index (χ1n) is 4.34. The van der Waals surface area contributed by atoms with Gasteiger partial charge < -0.3 is 10.2 Å². The molecule has 66 valence electrons. The van der Waals surface area contributed by atoms with Crippen LogP contribution < -0.4 is 0 Å². The lowest BCUT2D eigenvalue weighted by Gasteiger charge is -2.30. The number of aliphatic hydroxyl groups excluding tert-OH is 2. The molecular formula is C9H18O2. The topological polar surface area (TPSA) is 40.5 Å². The van der Waals surface area contributed by atoms with Gasteiger partial charge in [-0.1, -0.05) is 13.8 Å². The summed E-state index contributed by atoms with van der Waals surface area (Å²) in [5.41, 5.74) is 0.128. The Kier molecular flexibility index (Phi) is 2.55. The summed E-state index contributed by atoms with van der Waals surface area (Å²) in [6, 6.07) is 0. The van der Waals surface area contributed by atoms with Crippen molar-refractivity contribution >= 4 is 0 Å². The molecule has 11 heavy (non-hydrogen) atoms. The maximum atomic E-state index is 9.03. The van der Waals surface area contributed by atoms with Crippen LogP contribution in [0.5, 0.6) is 0 Å². The molecule has 2 unspecified atom stereocenters. The molecule has 0 spiro atoms. The molecule has 0 heterocycles. The average Bonchev–Trinajstić information content (AvgIpc) is 2.24. The molecule has 2 heteroatoms. The van der Waals surface area contributed by atoms with E-state index in [1.807, 2.05) is 0 Å². The molecule has 0 radical (unpaired) electrons. The maximum absolute atomic E-state index is 9.03. The van der Waals surface area contributed by atoms with E-state index in [9.17, 15) is 0 Å². The summed E-state index contributed by atoms with van der Waals surface area (Å²) in [7, 11) is 0. The fourth-order valence-electron chi connectivity index (χ4n) is 2.13. The van der Waals surface area contributed by atoms with E-state index in [0.29, 0.717) is 11.8 Å². The molecule has 1 aliphatic rings. The second-order valence-corrected chi connectivity index (χ2v) is 4.16. The second kappa shape index (κ2) is 3.11. The van der Waals surface area contributed by atoms with Crippen molar-refractivity contribution in [2.75, 3.05) is 13.2 Å². The predicted octanol–water partition coefficient (Wildman–Crippen LogP) is 1.02. The smallest absolute Gasteiger partial charge is 0.0464 e. The Bertz CT molecular complexity index is 118. The number of rotatable bonds is 2. The zero-order chi connectivity index (χ0) is 8.48. The largest absolute Gasteiger partial charge is 0.396 e. The molecule has 0 amide bonds. The Hall–Kier alpha value is -0.0800. The van der Waals surface area contributed by atoms with Crippen molar-refractivity contribution < 1.29 is 10.2 Å². The highest BCUT2D eigenvalue weighted by atomic mass is 16.3. The van der Waals surface area contributed by atoms with Gasteiger partial charge in [-0.3, -0.25) is 0 Å². The van der Waals surface area contributed by atoms with Crippen LogP contribution in [0.3, 0.4) is 0 Å². The van der Waals surface area contributed by atoms with Crippen LogP contribution in [0.1, 0.15) is 26.7 Å². The monoisotopic (exact) mass is 158 g/mol. The lowest BCUT2D eigenvalue weighted by Crippen LogP contribution is -2.29. The summed E-state index contributed by atoms with van der Waals surface area (Å²) in [6.45, 7) is 4.82. The molecule has 1 aliphatic carbocycles. The van der Waals surface area contributed by atoms with E-state index in [1.165, 1.54) is 0 Å². The number of aliphatic hydroxyl groups is 2. The van der Waals surface area contributed by atoms with Gasteiger partial charge in [-0.05, 0) is 30.1 Å². The quantitative estimate of drug-likeness (QED) is 0.630. The van der Waals surface area contributed by atoms with Crippen LogP contribution in [0.4, 0.5) is 0 Å². The Morgan fingerprint density at radius 2 is 1.45 bits per heavy atom. The fourth-order valence-corrected chi connectivity index (χ4v) is 2.13. The van der Waals surface area contributed by atoms with Gasteiger partial charge in [0.25, 0.3) is 0 Å². The van der Waals surface area contributed by atoms with Crippen molar-refractivity contribution in [2.45, 2.75) is 26.7 Å². The Balaban J connectivity index is 2.64. The Labute approximate surface area is 68.2 Å². The van der Waals surface area contributed by atoms with Crippen molar-refractivity contribution in [1.82, 2.24) is 0 Å². The van der Waals surface area contributed by atoms with Gasteiger partial charge in [0.05, 0.1) is 0 Å². The SMILES string of the molecule is CC1(C)C(CO)CCC1CO. The first-order chi connectivity index (χ1) is 5.12.